The molecule has 3 rings (SSSR count). The third-order valence-corrected chi connectivity index (χ3v) is 4.28. The van der Waals surface area contributed by atoms with Gasteiger partial charge in [0.05, 0.1) is 11.0 Å². The molecular weight excluding hydrogens is 300 g/mol. The van der Waals surface area contributed by atoms with E-state index < -0.39 is 5.78 Å². The van der Waals surface area contributed by atoms with Gasteiger partial charge >= 0.3 is 0 Å². The molecule has 0 aliphatic heterocycles. The van der Waals surface area contributed by atoms with Crippen LogP contribution in [0.5, 0.6) is 0 Å². The van der Waals surface area contributed by atoms with Crippen LogP contribution in [0.1, 0.15) is 29.8 Å². The van der Waals surface area contributed by atoms with Crippen molar-refractivity contribution in [3.63, 3.8) is 0 Å². The molecule has 0 unspecified atom stereocenters. The summed E-state index contributed by atoms with van der Waals surface area (Å²) in [7, 11) is 1.75. The van der Waals surface area contributed by atoms with E-state index in [9.17, 15) is 14.7 Å². The van der Waals surface area contributed by atoms with Gasteiger partial charge in [-0.15, -0.1) is 0 Å². The molecule has 0 radical (unpaired) electrons. The molecule has 112 valence electrons. The van der Waals surface area contributed by atoms with Crippen molar-refractivity contribution in [3.8, 4) is 0 Å². The molecule has 0 atom stereocenters. The van der Waals surface area contributed by atoms with Gasteiger partial charge < -0.3 is 9.67 Å². The number of Topliss-reactive ketones (excluding diaryl/α,β-unsaturated/α-hetero) is 2. The van der Waals surface area contributed by atoms with Gasteiger partial charge in [0.15, 0.2) is 5.78 Å². The van der Waals surface area contributed by atoms with Crippen LogP contribution in [-0.2, 0) is 11.8 Å². The maximum atomic E-state index is 12.7. The molecule has 0 saturated heterocycles. The van der Waals surface area contributed by atoms with E-state index in [-0.39, 0.29) is 33.9 Å². The third-order valence-electron chi connectivity index (χ3n) is 3.81. The van der Waals surface area contributed by atoms with Crippen molar-refractivity contribution >= 4 is 34.8 Å². The monoisotopic (exact) mass is 314 g/mol. The zero-order valence-corrected chi connectivity index (χ0v) is 12.8. The van der Waals surface area contributed by atoms with Crippen LogP contribution in [0.4, 0.5) is 0 Å². The van der Waals surface area contributed by atoms with Crippen LogP contribution in [0.3, 0.4) is 0 Å². The molecule has 1 aromatic carbocycles. The molecule has 0 saturated carbocycles. The van der Waals surface area contributed by atoms with Crippen molar-refractivity contribution in [3.05, 3.63) is 45.9 Å². The van der Waals surface area contributed by atoms with Gasteiger partial charge in [0, 0.05) is 19.9 Å². The van der Waals surface area contributed by atoms with Crippen LogP contribution in [0.15, 0.2) is 35.6 Å². The predicted molar refractivity (Wildman–Crippen MR) is 84.4 cm³/mol. The van der Waals surface area contributed by atoms with Crippen LogP contribution >= 0.6 is 12.2 Å². The normalized spacial score (nSPS) is 15.4. The lowest BCUT2D eigenvalue weighted by Crippen LogP contribution is -2.21. The van der Waals surface area contributed by atoms with Crippen LogP contribution < -0.4 is 0 Å². The number of para-hydroxylation sites is 2. The summed E-state index contributed by atoms with van der Waals surface area (Å²) >= 11 is 5.31. The first-order chi connectivity index (χ1) is 10.5. The number of aryl methyl sites for hydroxylation is 1. The summed E-state index contributed by atoms with van der Waals surface area (Å²) in [6.07, 6.45) is 1.15. The topological polar surface area (TPSA) is 72.2 Å². The van der Waals surface area contributed by atoms with Gasteiger partial charge in [-0.05, 0) is 18.6 Å². The smallest absolute Gasteiger partial charge is 0.221 e. The Kier molecular flexibility index (Phi) is 3.62. The van der Waals surface area contributed by atoms with Crippen molar-refractivity contribution in [2.45, 2.75) is 19.3 Å². The third kappa shape index (κ3) is 2.25. The van der Waals surface area contributed by atoms with Crippen molar-refractivity contribution < 1.29 is 14.7 Å². The van der Waals surface area contributed by atoms with Crippen LogP contribution in [-0.4, -0.2) is 26.2 Å². The Morgan fingerprint density at radius 1 is 1.32 bits per heavy atom. The Hall–Kier alpha value is -2.34. The lowest BCUT2D eigenvalue weighted by atomic mass is 9.92. The van der Waals surface area contributed by atoms with Crippen LogP contribution in [0.2, 0.25) is 0 Å². The fraction of sp³-hybridized carbons (Fsp3) is 0.250. The molecule has 1 heterocycles. The van der Waals surface area contributed by atoms with E-state index in [1.54, 1.807) is 17.7 Å². The second kappa shape index (κ2) is 5.46. The molecule has 5 nitrogen and oxygen atoms in total. The quantitative estimate of drug-likeness (QED) is 0.524. The Morgan fingerprint density at radius 3 is 2.77 bits per heavy atom. The summed E-state index contributed by atoms with van der Waals surface area (Å²) in [4.78, 5) is 28.9. The zero-order valence-electron chi connectivity index (χ0n) is 12.0. The van der Waals surface area contributed by atoms with E-state index in [0.29, 0.717) is 18.4 Å². The van der Waals surface area contributed by atoms with E-state index in [1.807, 2.05) is 18.2 Å². The Morgan fingerprint density at radius 2 is 2.05 bits per heavy atom. The zero-order chi connectivity index (χ0) is 15.9. The van der Waals surface area contributed by atoms with Crippen molar-refractivity contribution in [2.75, 3.05) is 0 Å². The number of benzene rings is 1. The average molecular weight is 314 g/mol. The number of aromatic nitrogens is 2. The van der Waals surface area contributed by atoms with Gasteiger partial charge in [0.25, 0.3) is 0 Å². The Bertz CT molecular complexity index is 896. The molecule has 22 heavy (non-hydrogen) atoms. The van der Waals surface area contributed by atoms with Crippen LogP contribution in [0.25, 0.3) is 11.0 Å². The van der Waals surface area contributed by atoms with E-state index in [1.165, 1.54) is 0 Å². The number of hydrogen-bond acceptors (Lipinski definition) is 5. The number of nitrogens with zero attached hydrogens (tertiary/aromatic N) is 2. The van der Waals surface area contributed by atoms with E-state index in [4.69, 9.17) is 12.2 Å². The average Bonchev–Trinajstić information content (AvgIpc) is 2.50. The first kappa shape index (κ1) is 14.6. The van der Waals surface area contributed by atoms with Crippen LogP contribution in [0, 0.1) is 4.64 Å². The highest BCUT2D eigenvalue weighted by Crippen LogP contribution is 2.24. The Balaban J connectivity index is 2.22. The van der Waals surface area contributed by atoms with Crippen molar-refractivity contribution in [1.82, 2.24) is 9.55 Å². The molecule has 6 heteroatoms. The molecule has 1 aliphatic carbocycles. The molecule has 1 aromatic heterocycles. The summed E-state index contributed by atoms with van der Waals surface area (Å²) in [5.41, 5.74) is 1.29. The standard InChI is InChI=1S/C16H14N2O3S/c1-18-10-6-3-2-5-9(10)17-14(16(18)22)15(21)13-11(19)7-4-8-12(13)20/h2-3,5-6,19H,4,7-8H2,1H3. The highest BCUT2D eigenvalue weighted by Gasteiger charge is 2.29. The highest BCUT2D eigenvalue weighted by molar-refractivity contribution is 7.71. The second-order valence-corrected chi connectivity index (χ2v) is 5.63. The first-order valence-corrected chi connectivity index (χ1v) is 7.37. The Labute approximate surface area is 131 Å². The number of aliphatic hydroxyl groups excluding tert-OH is 1. The lowest BCUT2D eigenvalue weighted by Gasteiger charge is -2.15. The molecule has 0 bridgehead atoms. The minimum atomic E-state index is -0.589. The molecule has 0 fully saturated rings. The van der Waals surface area contributed by atoms with Crippen molar-refractivity contribution in [1.29, 1.82) is 0 Å². The number of aliphatic hydroxyl groups is 1. The molecule has 2 aromatic rings. The van der Waals surface area contributed by atoms with Gasteiger partial charge in [-0.2, -0.15) is 0 Å². The molecule has 0 amide bonds. The maximum absolute atomic E-state index is 12.7. The molecule has 0 spiro atoms. The number of allylic oxidation sites excluding steroid dienone is 2. The summed E-state index contributed by atoms with van der Waals surface area (Å²) in [6.45, 7) is 0. The van der Waals surface area contributed by atoms with Gasteiger partial charge in [-0.1, -0.05) is 24.4 Å². The summed E-state index contributed by atoms with van der Waals surface area (Å²) in [6, 6.07) is 7.31. The van der Waals surface area contributed by atoms with Gasteiger partial charge in [-0.3, -0.25) is 9.59 Å². The van der Waals surface area contributed by atoms with Gasteiger partial charge in [-0.25, -0.2) is 4.98 Å². The minimum absolute atomic E-state index is 0.0352. The van der Waals surface area contributed by atoms with Gasteiger partial charge in [0.1, 0.15) is 21.7 Å². The number of fused-ring (bicyclic) bond motifs is 1. The SMILES string of the molecule is Cn1c(=S)c(C(=O)C2=C(O)CCCC2=O)nc2ccccc21. The minimum Gasteiger partial charge on any atom is -0.511 e. The molecule has 1 aliphatic rings. The number of hydrogen-bond donors (Lipinski definition) is 1. The largest absolute Gasteiger partial charge is 0.511 e. The summed E-state index contributed by atoms with van der Waals surface area (Å²) in [5.74, 6) is -1.09. The predicted octanol–water partition coefficient (Wildman–Crippen LogP) is 3.05. The summed E-state index contributed by atoms with van der Waals surface area (Å²) in [5, 5.41) is 9.91. The molecule has 1 N–H and O–H groups in total. The van der Waals surface area contributed by atoms with E-state index in [2.05, 4.69) is 4.98 Å². The summed E-state index contributed by atoms with van der Waals surface area (Å²) < 4.78 is 1.94. The number of carbonyl (C=O) groups is 2. The first-order valence-electron chi connectivity index (χ1n) is 6.96. The number of rotatable bonds is 2. The maximum Gasteiger partial charge on any atom is 0.221 e. The van der Waals surface area contributed by atoms with E-state index in [0.717, 1.165) is 5.52 Å². The highest BCUT2D eigenvalue weighted by atomic mass is 32.1. The second-order valence-electron chi connectivity index (χ2n) is 5.24. The number of carbonyl (C=O) groups excluding carboxylic acids is 2. The van der Waals surface area contributed by atoms with Crippen molar-refractivity contribution in [2.24, 2.45) is 7.05 Å². The number of ketones is 2. The fourth-order valence-corrected chi connectivity index (χ4v) is 2.87. The lowest BCUT2D eigenvalue weighted by molar-refractivity contribution is -0.116. The molecular formula is C16H14N2O3S. The van der Waals surface area contributed by atoms with Gasteiger partial charge in [0.2, 0.25) is 5.78 Å². The fourth-order valence-electron chi connectivity index (χ4n) is 2.63. The van der Waals surface area contributed by atoms with E-state index >= 15 is 0 Å².